The van der Waals surface area contributed by atoms with Gasteiger partial charge in [-0.05, 0) is 38.0 Å². The predicted molar refractivity (Wildman–Crippen MR) is 85.7 cm³/mol. The minimum Gasteiger partial charge on any atom is -0.381 e. The lowest BCUT2D eigenvalue weighted by Crippen LogP contribution is -2.06. The highest BCUT2D eigenvalue weighted by molar-refractivity contribution is 6.31. The first kappa shape index (κ1) is 14.4. The molecule has 0 fully saturated rings. The monoisotopic (exact) mass is 305 g/mol. The molecule has 0 saturated heterocycles. The molecule has 2 aromatic rings. The number of anilines is 1. The number of rotatable bonds is 5. The van der Waals surface area contributed by atoms with Crippen LogP contribution in [0.1, 0.15) is 23.7 Å². The van der Waals surface area contributed by atoms with Gasteiger partial charge in [-0.1, -0.05) is 17.7 Å². The number of hydrogen-bond donors (Lipinski definition) is 1. The number of hydrogen-bond acceptors (Lipinski definition) is 3. The van der Waals surface area contributed by atoms with E-state index >= 15 is 0 Å². The molecule has 3 rings (SSSR count). The number of benzene rings is 1. The predicted octanol–water partition coefficient (Wildman–Crippen LogP) is 3.38. The van der Waals surface area contributed by atoms with Crippen molar-refractivity contribution in [3.05, 3.63) is 40.0 Å². The van der Waals surface area contributed by atoms with Crippen molar-refractivity contribution in [2.75, 3.05) is 25.1 Å². The van der Waals surface area contributed by atoms with Crippen molar-refractivity contribution in [3.63, 3.8) is 0 Å². The summed E-state index contributed by atoms with van der Waals surface area (Å²) in [6.07, 6.45) is 1.88. The third-order valence-electron chi connectivity index (χ3n) is 3.82. The van der Waals surface area contributed by atoms with E-state index in [1.807, 2.05) is 30.7 Å². The van der Waals surface area contributed by atoms with E-state index in [1.54, 1.807) is 0 Å². The molecule has 5 heteroatoms. The second kappa shape index (κ2) is 6.08. The molecule has 0 atom stereocenters. The van der Waals surface area contributed by atoms with Gasteiger partial charge in [-0.25, -0.2) is 4.68 Å². The first-order valence-corrected chi connectivity index (χ1v) is 7.77. The maximum atomic E-state index is 6.24. The molecule has 4 nitrogen and oxygen atoms in total. The van der Waals surface area contributed by atoms with Crippen molar-refractivity contribution >= 4 is 17.4 Å². The van der Waals surface area contributed by atoms with E-state index in [0.29, 0.717) is 6.61 Å². The van der Waals surface area contributed by atoms with Crippen LogP contribution in [0, 0.1) is 6.92 Å². The second-order valence-corrected chi connectivity index (χ2v) is 5.65. The molecule has 1 aliphatic rings. The van der Waals surface area contributed by atoms with Crippen molar-refractivity contribution in [2.24, 2.45) is 0 Å². The van der Waals surface area contributed by atoms with Gasteiger partial charge >= 0.3 is 0 Å². The fourth-order valence-electron chi connectivity index (χ4n) is 2.66. The third kappa shape index (κ3) is 2.78. The van der Waals surface area contributed by atoms with Crippen molar-refractivity contribution in [1.29, 1.82) is 0 Å². The topological polar surface area (TPSA) is 39.1 Å². The molecule has 21 heavy (non-hydrogen) atoms. The van der Waals surface area contributed by atoms with Crippen LogP contribution in [0.4, 0.5) is 5.82 Å². The summed E-state index contributed by atoms with van der Waals surface area (Å²) in [5, 5.41) is 8.96. The van der Waals surface area contributed by atoms with E-state index in [2.05, 4.69) is 11.4 Å². The van der Waals surface area contributed by atoms with E-state index in [0.717, 1.165) is 53.8 Å². The van der Waals surface area contributed by atoms with Crippen LogP contribution in [0.15, 0.2) is 18.2 Å². The van der Waals surface area contributed by atoms with E-state index in [4.69, 9.17) is 21.4 Å². The Morgan fingerprint density at radius 2 is 2.29 bits per heavy atom. The number of nitrogens with one attached hydrogen (secondary N) is 1. The number of halogens is 1. The summed E-state index contributed by atoms with van der Waals surface area (Å²) >= 11 is 6.24. The third-order valence-corrected chi connectivity index (χ3v) is 4.23. The zero-order chi connectivity index (χ0) is 14.8. The van der Waals surface area contributed by atoms with Crippen LogP contribution in [0.5, 0.6) is 0 Å². The van der Waals surface area contributed by atoms with Crippen molar-refractivity contribution in [2.45, 2.75) is 26.7 Å². The molecule has 1 aliphatic heterocycles. The van der Waals surface area contributed by atoms with Crippen molar-refractivity contribution in [1.82, 2.24) is 9.78 Å². The molecular formula is C16H20ClN3O. The normalized spacial score (nSPS) is 13.3. The molecule has 0 aliphatic carbocycles. The summed E-state index contributed by atoms with van der Waals surface area (Å²) in [4.78, 5) is 0. The molecule has 0 amide bonds. The van der Waals surface area contributed by atoms with E-state index < -0.39 is 0 Å². The molecule has 0 bridgehead atoms. The SMILES string of the molecule is CCOCCc1nn(-c2ccc(C)c(Cl)c2)c2c1CCN2. The molecule has 0 unspecified atom stereocenters. The van der Waals surface area contributed by atoms with Gasteiger partial charge in [0.05, 0.1) is 18.0 Å². The number of aromatic nitrogens is 2. The summed E-state index contributed by atoms with van der Waals surface area (Å²) in [6.45, 7) is 6.45. The van der Waals surface area contributed by atoms with E-state index in [1.165, 1.54) is 5.56 Å². The highest BCUT2D eigenvalue weighted by Crippen LogP contribution is 2.30. The van der Waals surface area contributed by atoms with Gasteiger partial charge in [-0.15, -0.1) is 0 Å². The van der Waals surface area contributed by atoms with Gasteiger partial charge in [0.25, 0.3) is 0 Å². The zero-order valence-corrected chi connectivity index (χ0v) is 13.2. The number of aryl methyl sites for hydroxylation is 1. The smallest absolute Gasteiger partial charge is 0.133 e. The molecule has 112 valence electrons. The number of nitrogens with zero attached hydrogens (tertiary/aromatic N) is 2. The van der Waals surface area contributed by atoms with Crippen LogP contribution in [-0.2, 0) is 17.6 Å². The van der Waals surface area contributed by atoms with Crippen LogP contribution in [-0.4, -0.2) is 29.5 Å². The highest BCUT2D eigenvalue weighted by Gasteiger charge is 2.22. The lowest BCUT2D eigenvalue weighted by atomic mass is 10.1. The summed E-state index contributed by atoms with van der Waals surface area (Å²) in [5.74, 6) is 1.10. The van der Waals surface area contributed by atoms with E-state index in [9.17, 15) is 0 Å². The Hall–Kier alpha value is -1.52. The van der Waals surface area contributed by atoms with Gasteiger partial charge in [0.1, 0.15) is 5.82 Å². The average molecular weight is 306 g/mol. The Bertz CT molecular complexity index is 651. The van der Waals surface area contributed by atoms with Crippen LogP contribution < -0.4 is 5.32 Å². The minimum atomic E-state index is 0.717. The Morgan fingerprint density at radius 1 is 1.43 bits per heavy atom. The van der Waals surface area contributed by atoms with Crippen LogP contribution in [0.2, 0.25) is 5.02 Å². The van der Waals surface area contributed by atoms with Gasteiger partial charge in [-0.2, -0.15) is 5.10 Å². The summed E-state index contributed by atoms with van der Waals surface area (Å²) in [6, 6.07) is 6.05. The largest absolute Gasteiger partial charge is 0.381 e. The second-order valence-electron chi connectivity index (χ2n) is 5.24. The molecule has 2 heterocycles. The first-order chi connectivity index (χ1) is 10.2. The average Bonchev–Trinajstić information content (AvgIpc) is 3.06. The summed E-state index contributed by atoms with van der Waals surface area (Å²) in [7, 11) is 0. The quantitative estimate of drug-likeness (QED) is 0.861. The van der Waals surface area contributed by atoms with Crippen LogP contribution >= 0.6 is 11.6 Å². The molecular weight excluding hydrogens is 286 g/mol. The minimum absolute atomic E-state index is 0.717. The van der Waals surface area contributed by atoms with Crippen LogP contribution in [0.25, 0.3) is 5.69 Å². The van der Waals surface area contributed by atoms with Gasteiger partial charge < -0.3 is 10.1 Å². The lowest BCUT2D eigenvalue weighted by Gasteiger charge is -2.08. The van der Waals surface area contributed by atoms with Crippen molar-refractivity contribution < 1.29 is 4.74 Å². The zero-order valence-electron chi connectivity index (χ0n) is 12.4. The van der Waals surface area contributed by atoms with Crippen LogP contribution in [0.3, 0.4) is 0 Å². The van der Waals surface area contributed by atoms with Crippen molar-refractivity contribution in [3.8, 4) is 5.69 Å². The fraction of sp³-hybridized carbons (Fsp3) is 0.438. The highest BCUT2D eigenvalue weighted by atomic mass is 35.5. The molecule has 1 aromatic heterocycles. The van der Waals surface area contributed by atoms with E-state index in [-0.39, 0.29) is 0 Å². The van der Waals surface area contributed by atoms with Gasteiger partial charge in [0.2, 0.25) is 0 Å². The van der Waals surface area contributed by atoms with Gasteiger partial charge in [0, 0.05) is 30.2 Å². The Morgan fingerprint density at radius 3 is 3.05 bits per heavy atom. The Balaban J connectivity index is 1.95. The number of fused-ring (bicyclic) bond motifs is 1. The van der Waals surface area contributed by atoms with Gasteiger partial charge in [0.15, 0.2) is 0 Å². The fourth-order valence-corrected chi connectivity index (χ4v) is 2.83. The maximum absolute atomic E-state index is 6.24. The standard InChI is InChI=1S/C16H20ClN3O/c1-3-21-9-7-15-13-6-8-18-16(13)20(19-15)12-5-4-11(2)14(17)10-12/h4-5,10,18H,3,6-9H2,1-2H3. The maximum Gasteiger partial charge on any atom is 0.133 e. The molecule has 1 aromatic carbocycles. The Labute approximate surface area is 130 Å². The summed E-state index contributed by atoms with van der Waals surface area (Å²) in [5.41, 5.74) is 4.51. The Kier molecular flexibility index (Phi) is 4.17. The lowest BCUT2D eigenvalue weighted by molar-refractivity contribution is 0.150. The first-order valence-electron chi connectivity index (χ1n) is 7.39. The summed E-state index contributed by atoms with van der Waals surface area (Å²) < 4.78 is 7.42. The molecule has 0 saturated carbocycles. The van der Waals surface area contributed by atoms with Gasteiger partial charge in [-0.3, -0.25) is 0 Å². The molecule has 0 radical (unpaired) electrons. The number of ether oxygens (including phenoxy) is 1. The molecule has 1 N–H and O–H groups in total. The molecule has 0 spiro atoms.